The highest BCUT2D eigenvalue weighted by atomic mass is 15.0. The van der Waals surface area contributed by atoms with Crippen LogP contribution in [0.15, 0.2) is 121 Å². The first-order chi connectivity index (χ1) is 20.4. The van der Waals surface area contributed by atoms with Crippen molar-refractivity contribution in [2.24, 2.45) is 0 Å². The Balaban J connectivity index is 1.49. The van der Waals surface area contributed by atoms with Gasteiger partial charge < -0.3 is 4.57 Å². The fraction of sp³-hybridized carbons (Fsp3) is 0.0270. The molecule has 0 amide bonds. The third kappa shape index (κ3) is 2.64. The summed E-state index contributed by atoms with van der Waals surface area (Å²) in [6.45, 7) is 0. The van der Waals surface area contributed by atoms with E-state index in [0.717, 1.165) is 50.6 Å². The quantitative estimate of drug-likeness (QED) is 0.202. The van der Waals surface area contributed by atoms with Crippen LogP contribution in [0, 0.1) is 0 Å². The number of fused-ring (bicyclic) bond motifs is 16. The molecule has 0 spiro atoms. The molecule has 0 saturated heterocycles. The summed E-state index contributed by atoms with van der Waals surface area (Å²) in [5.41, 5.74) is 14.2. The van der Waals surface area contributed by atoms with Gasteiger partial charge in [-0.05, 0) is 64.7 Å². The number of nitrogens with zero attached hydrogens (tertiary/aromatic N) is 4. The molecule has 0 unspecified atom stereocenters. The highest BCUT2D eigenvalue weighted by Crippen LogP contribution is 2.46. The number of para-hydroxylation sites is 3. The Labute approximate surface area is 234 Å². The third-order valence-corrected chi connectivity index (χ3v) is 8.95. The molecule has 4 aromatic heterocycles. The number of aromatic nitrogens is 4. The number of imidazole rings is 1. The maximum atomic E-state index is 5.17. The number of hydrogen-bond acceptors (Lipinski definition) is 2. The maximum absolute atomic E-state index is 5.17. The first kappa shape index (κ1) is 21.4. The van der Waals surface area contributed by atoms with E-state index in [1.54, 1.807) is 0 Å². The van der Waals surface area contributed by atoms with E-state index in [1.807, 2.05) is 12.3 Å². The Morgan fingerprint density at radius 2 is 1.34 bits per heavy atom. The lowest BCUT2D eigenvalue weighted by Crippen LogP contribution is -1.99. The van der Waals surface area contributed by atoms with E-state index in [-0.39, 0.29) is 0 Å². The Bertz CT molecular complexity index is 2550. The van der Waals surface area contributed by atoms with E-state index in [1.165, 1.54) is 44.1 Å². The summed E-state index contributed by atoms with van der Waals surface area (Å²) in [6.07, 6.45) is 2.84. The lowest BCUT2D eigenvalue weighted by molar-refractivity contribution is 1.16. The van der Waals surface area contributed by atoms with Crippen LogP contribution in [-0.2, 0) is 6.42 Å². The van der Waals surface area contributed by atoms with Gasteiger partial charge in [0.2, 0.25) is 0 Å². The molecule has 1 aliphatic rings. The van der Waals surface area contributed by atoms with Gasteiger partial charge in [-0.15, -0.1) is 0 Å². The summed E-state index contributed by atoms with van der Waals surface area (Å²) in [4.78, 5) is 10.2. The van der Waals surface area contributed by atoms with E-state index in [9.17, 15) is 0 Å². The fourth-order valence-corrected chi connectivity index (χ4v) is 7.30. The molecule has 4 heterocycles. The van der Waals surface area contributed by atoms with Crippen LogP contribution in [-0.4, -0.2) is 18.9 Å². The van der Waals surface area contributed by atoms with Crippen LogP contribution >= 0.6 is 0 Å². The van der Waals surface area contributed by atoms with Crippen LogP contribution < -0.4 is 0 Å². The molecule has 41 heavy (non-hydrogen) atoms. The van der Waals surface area contributed by atoms with Crippen LogP contribution in [0.25, 0.3) is 77.1 Å². The predicted octanol–water partition coefficient (Wildman–Crippen LogP) is 8.86. The average molecular weight is 523 g/mol. The Kier molecular flexibility index (Phi) is 3.95. The largest absolute Gasteiger partial charge is 0.308 e. The normalized spacial score (nSPS) is 12.8. The number of rotatable bonds is 1. The van der Waals surface area contributed by atoms with Crippen molar-refractivity contribution in [2.45, 2.75) is 6.42 Å². The molecule has 0 fully saturated rings. The van der Waals surface area contributed by atoms with Crippen LogP contribution in [0.3, 0.4) is 0 Å². The molecular formula is C37H22N4. The van der Waals surface area contributed by atoms with E-state index >= 15 is 0 Å². The minimum absolute atomic E-state index is 0.929. The van der Waals surface area contributed by atoms with Gasteiger partial charge in [0.15, 0.2) is 0 Å². The molecule has 5 aromatic carbocycles. The van der Waals surface area contributed by atoms with Gasteiger partial charge in [0.25, 0.3) is 0 Å². The van der Waals surface area contributed by atoms with Crippen LogP contribution in [0.2, 0.25) is 0 Å². The molecule has 0 bridgehead atoms. The Morgan fingerprint density at radius 1 is 0.585 bits per heavy atom. The minimum atomic E-state index is 0.929. The van der Waals surface area contributed by atoms with Crippen molar-refractivity contribution in [1.29, 1.82) is 0 Å². The molecule has 0 radical (unpaired) electrons. The average Bonchev–Trinajstić information content (AvgIpc) is 3.71. The first-order valence-electron chi connectivity index (χ1n) is 14.1. The van der Waals surface area contributed by atoms with Gasteiger partial charge >= 0.3 is 0 Å². The second-order valence-corrected chi connectivity index (χ2v) is 11.0. The van der Waals surface area contributed by atoms with E-state index < -0.39 is 0 Å². The van der Waals surface area contributed by atoms with Crippen molar-refractivity contribution in [2.75, 3.05) is 0 Å². The standard InChI is InChI=1S/C37H22N4/c1-2-10-23(11-3-1)40-35-26(17-16-25-24-12-5-4-9-22(24)21-29(25)35)27-18-19-28-33(36(27)40)34-32(15-8-20-38-34)41-31-14-7-6-13-30(31)39-37(28)41/h1-20H,21H2. The van der Waals surface area contributed by atoms with Crippen molar-refractivity contribution in [3.8, 4) is 16.8 Å². The monoisotopic (exact) mass is 522 g/mol. The molecule has 1 aliphatic carbocycles. The molecule has 0 saturated carbocycles. The SMILES string of the molecule is c1ccc(-n2c3c4c(ccc3c3ccc5c(c6ncccc6n6c7ccccc7nc56)c32)-c2ccccc2C4)cc1. The van der Waals surface area contributed by atoms with Crippen LogP contribution in [0.4, 0.5) is 0 Å². The van der Waals surface area contributed by atoms with Crippen LogP contribution in [0.5, 0.6) is 0 Å². The predicted molar refractivity (Wildman–Crippen MR) is 168 cm³/mol. The molecule has 4 heteroatoms. The van der Waals surface area contributed by atoms with Gasteiger partial charge in [0.05, 0.1) is 33.1 Å². The van der Waals surface area contributed by atoms with E-state index in [4.69, 9.17) is 9.97 Å². The lowest BCUT2D eigenvalue weighted by atomic mass is 10.0. The summed E-state index contributed by atoms with van der Waals surface area (Å²) >= 11 is 0. The first-order valence-corrected chi connectivity index (χ1v) is 14.1. The minimum Gasteiger partial charge on any atom is -0.308 e. The van der Waals surface area contributed by atoms with Gasteiger partial charge in [-0.1, -0.05) is 72.8 Å². The summed E-state index contributed by atoms with van der Waals surface area (Å²) in [7, 11) is 0. The van der Waals surface area contributed by atoms with Crippen molar-refractivity contribution < 1.29 is 0 Å². The molecule has 190 valence electrons. The van der Waals surface area contributed by atoms with Crippen molar-refractivity contribution >= 4 is 60.3 Å². The molecule has 9 aromatic rings. The second kappa shape index (κ2) is 7.58. The van der Waals surface area contributed by atoms with Crippen LogP contribution in [0.1, 0.15) is 11.1 Å². The molecule has 0 aliphatic heterocycles. The number of hydrogen-bond donors (Lipinski definition) is 0. The summed E-state index contributed by atoms with van der Waals surface area (Å²) in [5, 5.41) is 4.77. The zero-order valence-corrected chi connectivity index (χ0v) is 22.0. The molecular weight excluding hydrogens is 500 g/mol. The Morgan fingerprint density at radius 3 is 2.29 bits per heavy atom. The zero-order chi connectivity index (χ0) is 26.7. The molecule has 0 atom stereocenters. The lowest BCUT2D eigenvalue weighted by Gasteiger charge is -2.14. The van der Waals surface area contributed by atoms with Gasteiger partial charge in [-0.3, -0.25) is 9.38 Å². The highest BCUT2D eigenvalue weighted by Gasteiger charge is 2.26. The Hall–Kier alpha value is -5.48. The van der Waals surface area contributed by atoms with Gasteiger partial charge in [-0.2, -0.15) is 0 Å². The molecule has 4 nitrogen and oxygen atoms in total. The fourth-order valence-electron chi connectivity index (χ4n) is 7.30. The van der Waals surface area contributed by atoms with Crippen molar-refractivity contribution in [1.82, 2.24) is 18.9 Å². The number of benzene rings is 5. The van der Waals surface area contributed by atoms with Gasteiger partial charge in [-0.25, -0.2) is 4.98 Å². The topological polar surface area (TPSA) is 35.1 Å². The summed E-state index contributed by atoms with van der Waals surface area (Å²) < 4.78 is 4.76. The van der Waals surface area contributed by atoms with Gasteiger partial charge in [0.1, 0.15) is 5.65 Å². The smallest absolute Gasteiger partial charge is 0.146 e. The third-order valence-electron chi connectivity index (χ3n) is 8.95. The zero-order valence-electron chi connectivity index (χ0n) is 22.0. The summed E-state index contributed by atoms with van der Waals surface area (Å²) in [5.74, 6) is 0. The van der Waals surface area contributed by atoms with Crippen molar-refractivity contribution in [3.05, 3.63) is 133 Å². The number of pyridine rings is 2. The summed E-state index contributed by atoms with van der Waals surface area (Å²) in [6, 6.07) is 41.4. The van der Waals surface area contributed by atoms with Gasteiger partial charge in [0, 0.05) is 39.8 Å². The van der Waals surface area contributed by atoms with E-state index in [2.05, 4.69) is 118 Å². The second-order valence-electron chi connectivity index (χ2n) is 11.0. The molecule has 0 N–H and O–H groups in total. The maximum Gasteiger partial charge on any atom is 0.146 e. The van der Waals surface area contributed by atoms with Crippen molar-refractivity contribution in [3.63, 3.8) is 0 Å². The molecule has 10 rings (SSSR count). The highest BCUT2D eigenvalue weighted by molar-refractivity contribution is 6.27. The van der Waals surface area contributed by atoms with E-state index in [0.29, 0.717) is 0 Å².